The number of hydrogen-bond acceptors (Lipinski definition) is 2. The van der Waals surface area contributed by atoms with Crippen LogP contribution in [-0.2, 0) is 0 Å². The maximum absolute atomic E-state index is 8.73. The molecule has 2 heteroatoms. The molecule has 0 amide bonds. The molecular formula is C12H16N2. The molecular weight excluding hydrogens is 172 g/mol. The van der Waals surface area contributed by atoms with Crippen LogP contribution in [0.15, 0.2) is 24.3 Å². The summed E-state index contributed by atoms with van der Waals surface area (Å²) in [4.78, 5) is 0. The van der Waals surface area contributed by atoms with Crippen LogP contribution in [-0.4, -0.2) is 0 Å². The normalized spacial score (nSPS) is 12.4. The van der Waals surface area contributed by atoms with E-state index in [0.717, 1.165) is 5.69 Å². The molecule has 0 aromatic heterocycles. The minimum Gasteiger partial charge on any atom is -0.399 e. The smallest absolute Gasteiger partial charge is 0.0628 e. The van der Waals surface area contributed by atoms with Crippen molar-refractivity contribution in [2.24, 2.45) is 5.92 Å². The van der Waals surface area contributed by atoms with Crippen molar-refractivity contribution in [3.63, 3.8) is 0 Å². The second-order valence-corrected chi connectivity index (χ2v) is 3.88. The molecule has 0 radical (unpaired) electrons. The van der Waals surface area contributed by atoms with E-state index in [2.05, 4.69) is 19.9 Å². The molecule has 0 fully saturated rings. The number of nitrogen functional groups attached to an aromatic ring is 1. The van der Waals surface area contributed by atoms with Crippen molar-refractivity contribution in [3.05, 3.63) is 29.8 Å². The Balaban J connectivity index is 2.94. The van der Waals surface area contributed by atoms with Crippen molar-refractivity contribution in [2.75, 3.05) is 5.73 Å². The van der Waals surface area contributed by atoms with E-state index in [1.807, 2.05) is 24.3 Å². The Morgan fingerprint density at radius 3 is 2.64 bits per heavy atom. The number of anilines is 1. The molecule has 0 saturated carbocycles. The fraction of sp³-hybridized carbons (Fsp3) is 0.417. The van der Waals surface area contributed by atoms with E-state index in [4.69, 9.17) is 11.0 Å². The van der Waals surface area contributed by atoms with E-state index in [-0.39, 0.29) is 0 Å². The Kier molecular flexibility index (Phi) is 3.53. The van der Waals surface area contributed by atoms with Crippen LogP contribution in [0, 0.1) is 17.2 Å². The van der Waals surface area contributed by atoms with Crippen molar-refractivity contribution >= 4 is 5.69 Å². The lowest BCUT2D eigenvalue weighted by Gasteiger charge is -2.18. The Morgan fingerprint density at radius 1 is 1.43 bits per heavy atom. The fourth-order valence-corrected chi connectivity index (χ4v) is 1.63. The lowest BCUT2D eigenvalue weighted by molar-refractivity contribution is 0.506. The van der Waals surface area contributed by atoms with Gasteiger partial charge >= 0.3 is 0 Å². The van der Waals surface area contributed by atoms with Gasteiger partial charge < -0.3 is 5.73 Å². The number of nitrogens with zero attached hydrogens (tertiary/aromatic N) is 1. The summed E-state index contributed by atoms with van der Waals surface area (Å²) >= 11 is 0. The molecule has 0 spiro atoms. The van der Waals surface area contributed by atoms with E-state index in [1.165, 1.54) is 5.56 Å². The molecule has 2 N–H and O–H groups in total. The predicted octanol–water partition coefficient (Wildman–Crippen LogP) is 2.92. The topological polar surface area (TPSA) is 49.8 Å². The van der Waals surface area contributed by atoms with E-state index >= 15 is 0 Å². The quantitative estimate of drug-likeness (QED) is 0.741. The minimum absolute atomic E-state index is 0.295. The molecule has 0 aliphatic carbocycles. The summed E-state index contributed by atoms with van der Waals surface area (Å²) in [5.41, 5.74) is 7.65. The van der Waals surface area contributed by atoms with Crippen LogP contribution in [0.5, 0.6) is 0 Å². The highest BCUT2D eigenvalue weighted by atomic mass is 14.5. The molecule has 1 aromatic rings. The van der Waals surface area contributed by atoms with Crippen LogP contribution in [0.4, 0.5) is 5.69 Å². The van der Waals surface area contributed by atoms with Gasteiger partial charge in [-0.3, -0.25) is 0 Å². The van der Waals surface area contributed by atoms with Gasteiger partial charge in [0.15, 0.2) is 0 Å². The Hall–Kier alpha value is -1.49. The molecule has 0 heterocycles. The van der Waals surface area contributed by atoms with Crippen LogP contribution in [0.3, 0.4) is 0 Å². The first-order valence-corrected chi connectivity index (χ1v) is 4.87. The second-order valence-electron chi connectivity index (χ2n) is 3.88. The van der Waals surface area contributed by atoms with Gasteiger partial charge in [-0.05, 0) is 29.5 Å². The summed E-state index contributed by atoms with van der Waals surface area (Å²) in [6, 6.07) is 10.0. The van der Waals surface area contributed by atoms with Gasteiger partial charge in [0, 0.05) is 12.1 Å². The standard InChI is InChI=1S/C12H16N2/c1-9(2)12(6-7-13)10-4-3-5-11(14)8-10/h3-5,8-9,12H,6,14H2,1-2H3. The molecule has 1 atom stereocenters. The third kappa shape index (κ3) is 2.50. The molecule has 14 heavy (non-hydrogen) atoms. The third-order valence-electron chi connectivity index (χ3n) is 2.45. The van der Waals surface area contributed by atoms with E-state index in [0.29, 0.717) is 18.3 Å². The van der Waals surface area contributed by atoms with Crippen molar-refractivity contribution in [1.29, 1.82) is 5.26 Å². The molecule has 1 aromatic carbocycles. The maximum atomic E-state index is 8.73. The zero-order valence-electron chi connectivity index (χ0n) is 8.70. The van der Waals surface area contributed by atoms with Gasteiger partial charge in [0.25, 0.3) is 0 Å². The first-order chi connectivity index (χ1) is 6.65. The molecule has 0 bridgehead atoms. The second kappa shape index (κ2) is 4.66. The number of nitriles is 1. The Bertz CT molecular complexity index is 336. The molecule has 2 nitrogen and oxygen atoms in total. The Labute approximate surface area is 85.4 Å². The number of nitrogens with two attached hydrogens (primary N) is 1. The summed E-state index contributed by atoms with van der Waals surface area (Å²) in [5.74, 6) is 0.764. The van der Waals surface area contributed by atoms with Gasteiger partial charge in [0.2, 0.25) is 0 Å². The summed E-state index contributed by atoms with van der Waals surface area (Å²) in [6.07, 6.45) is 0.557. The van der Waals surface area contributed by atoms with Crippen molar-refractivity contribution in [3.8, 4) is 6.07 Å². The lowest BCUT2D eigenvalue weighted by Crippen LogP contribution is -2.06. The molecule has 0 saturated heterocycles. The van der Waals surface area contributed by atoms with E-state index in [9.17, 15) is 0 Å². The summed E-state index contributed by atoms with van der Waals surface area (Å²) in [6.45, 7) is 4.26. The van der Waals surface area contributed by atoms with Crippen LogP contribution in [0.2, 0.25) is 0 Å². The van der Waals surface area contributed by atoms with Crippen molar-refractivity contribution in [2.45, 2.75) is 26.2 Å². The summed E-state index contributed by atoms with van der Waals surface area (Å²) < 4.78 is 0. The van der Waals surface area contributed by atoms with Crippen LogP contribution in [0.25, 0.3) is 0 Å². The predicted molar refractivity (Wildman–Crippen MR) is 58.7 cm³/mol. The van der Waals surface area contributed by atoms with Crippen LogP contribution in [0.1, 0.15) is 31.7 Å². The average Bonchev–Trinajstić information content (AvgIpc) is 2.13. The molecule has 0 aliphatic rings. The van der Waals surface area contributed by atoms with Gasteiger partial charge in [-0.1, -0.05) is 26.0 Å². The largest absolute Gasteiger partial charge is 0.399 e. The van der Waals surface area contributed by atoms with Gasteiger partial charge in [-0.2, -0.15) is 5.26 Å². The van der Waals surface area contributed by atoms with E-state index < -0.39 is 0 Å². The van der Waals surface area contributed by atoms with Gasteiger partial charge in [-0.15, -0.1) is 0 Å². The Morgan fingerprint density at radius 2 is 2.14 bits per heavy atom. The highest BCUT2D eigenvalue weighted by Crippen LogP contribution is 2.28. The fourth-order valence-electron chi connectivity index (χ4n) is 1.63. The molecule has 74 valence electrons. The first kappa shape index (κ1) is 10.6. The SMILES string of the molecule is CC(C)C(CC#N)c1cccc(N)c1. The zero-order valence-corrected chi connectivity index (χ0v) is 8.70. The monoisotopic (exact) mass is 188 g/mol. The number of rotatable bonds is 3. The lowest BCUT2D eigenvalue weighted by atomic mass is 9.86. The molecule has 1 rings (SSSR count). The number of hydrogen-bond donors (Lipinski definition) is 1. The number of benzene rings is 1. The molecule has 0 aliphatic heterocycles. The highest BCUT2D eigenvalue weighted by molar-refractivity contribution is 5.42. The molecule has 1 unspecified atom stereocenters. The highest BCUT2D eigenvalue weighted by Gasteiger charge is 2.15. The average molecular weight is 188 g/mol. The minimum atomic E-state index is 0.295. The van der Waals surface area contributed by atoms with Gasteiger partial charge in [-0.25, -0.2) is 0 Å². The van der Waals surface area contributed by atoms with Crippen LogP contribution >= 0.6 is 0 Å². The third-order valence-corrected chi connectivity index (χ3v) is 2.45. The van der Waals surface area contributed by atoms with E-state index in [1.54, 1.807) is 0 Å². The first-order valence-electron chi connectivity index (χ1n) is 4.87. The van der Waals surface area contributed by atoms with Crippen molar-refractivity contribution in [1.82, 2.24) is 0 Å². The summed E-state index contributed by atoms with van der Waals surface area (Å²) in [7, 11) is 0. The maximum Gasteiger partial charge on any atom is 0.0628 e. The van der Waals surface area contributed by atoms with Crippen LogP contribution < -0.4 is 5.73 Å². The van der Waals surface area contributed by atoms with Gasteiger partial charge in [0.05, 0.1) is 6.07 Å². The summed E-state index contributed by atoms with van der Waals surface area (Å²) in [5, 5.41) is 8.73. The van der Waals surface area contributed by atoms with Gasteiger partial charge in [0.1, 0.15) is 0 Å². The zero-order chi connectivity index (χ0) is 10.6. The van der Waals surface area contributed by atoms with Crippen molar-refractivity contribution < 1.29 is 0 Å².